The summed E-state index contributed by atoms with van der Waals surface area (Å²) in [5, 5.41) is 10.8. The van der Waals surface area contributed by atoms with Gasteiger partial charge in [0, 0.05) is 32.4 Å². The quantitative estimate of drug-likeness (QED) is 0.108. The molecule has 3 nitrogen and oxygen atoms in total. The Morgan fingerprint density at radius 2 is 1.67 bits per heavy atom. The van der Waals surface area contributed by atoms with Crippen LogP contribution in [0.3, 0.4) is 0 Å². The Balaban J connectivity index is 0.000000503. The van der Waals surface area contributed by atoms with E-state index in [0.717, 1.165) is 5.69 Å². The number of allylic oxidation sites excluding steroid dienone is 2. The maximum atomic E-state index is 10.0. The standard InChI is InChI=1S/C27H32N.C5H8O2.Ir/c1-2-3-4-5-6-7-12-21-17-18-26(25-16-11-10-15-24(21)25)27-19-22-13-8-9-14-23(22)20-28-27;1-4(6)3-5(2)7;/h8-9,13-14,17,19-20H,2-7,10-12,15-16H2,1H3;3,6H,1-2H3;/q-1;;/b;4-3-;. The fraction of sp³-hybridized carbons (Fsp3) is 0.438. The van der Waals surface area contributed by atoms with E-state index < -0.39 is 0 Å². The number of nitrogens with zero attached hydrogens (tertiary/aromatic N) is 1. The smallest absolute Gasteiger partial charge is 0.155 e. The average Bonchev–Trinajstić information content (AvgIpc) is 2.85. The summed E-state index contributed by atoms with van der Waals surface area (Å²) >= 11 is 0. The maximum absolute atomic E-state index is 10.0. The van der Waals surface area contributed by atoms with Crippen LogP contribution in [-0.2, 0) is 44.2 Å². The minimum Gasteiger partial charge on any atom is -0.512 e. The number of unbranched alkanes of at least 4 members (excludes halogenated alkanes) is 5. The fourth-order valence-corrected chi connectivity index (χ4v) is 4.93. The Morgan fingerprint density at radius 1 is 1.00 bits per heavy atom. The van der Waals surface area contributed by atoms with Crippen LogP contribution in [0, 0.1) is 6.07 Å². The average molecular weight is 663 g/mol. The minimum atomic E-state index is -0.125. The Kier molecular flexibility index (Phi) is 13.1. The van der Waals surface area contributed by atoms with Gasteiger partial charge in [-0.05, 0) is 36.7 Å². The topological polar surface area (TPSA) is 50.2 Å². The van der Waals surface area contributed by atoms with Crippen molar-refractivity contribution < 1.29 is 30.0 Å². The number of carbonyl (C=O) groups is 1. The molecule has 0 amide bonds. The summed E-state index contributed by atoms with van der Waals surface area (Å²) in [6, 6.07) is 16.7. The summed E-state index contributed by atoms with van der Waals surface area (Å²) in [6.07, 6.45) is 17.6. The first kappa shape index (κ1) is 29.9. The van der Waals surface area contributed by atoms with E-state index in [2.05, 4.69) is 49.4 Å². The van der Waals surface area contributed by atoms with E-state index in [1.807, 2.05) is 6.20 Å². The number of carbonyl (C=O) groups excluding carboxylic acids is 1. The summed E-state index contributed by atoms with van der Waals surface area (Å²) in [6.45, 7) is 5.13. The molecule has 0 atom stereocenters. The molecule has 1 aliphatic carbocycles. The number of aliphatic hydroxyl groups excluding tert-OH is 1. The van der Waals surface area contributed by atoms with Crippen LogP contribution in [0.4, 0.5) is 0 Å². The van der Waals surface area contributed by atoms with Crippen LogP contribution in [-0.4, -0.2) is 15.9 Å². The zero-order valence-electron chi connectivity index (χ0n) is 22.0. The number of ketones is 1. The third kappa shape index (κ3) is 8.98. The molecule has 2 aromatic carbocycles. The molecule has 0 spiro atoms. The number of fused-ring (bicyclic) bond motifs is 2. The van der Waals surface area contributed by atoms with Gasteiger partial charge in [0.2, 0.25) is 0 Å². The molecule has 0 aliphatic heterocycles. The van der Waals surface area contributed by atoms with Crippen molar-refractivity contribution in [3.8, 4) is 11.3 Å². The molecular weight excluding hydrogens is 623 g/mol. The zero-order chi connectivity index (χ0) is 25.0. The first-order valence-corrected chi connectivity index (χ1v) is 13.3. The molecule has 3 aromatic rings. The molecule has 0 saturated carbocycles. The van der Waals surface area contributed by atoms with Crippen LogP contribution >= 0.6 is 0 Å². The molecule has 0 saturated heterocycles. The molecule has 1 aliphatic rings. The van der Waals surface area contributed by atoms with Crippen LogP contribution < -0.4 is 0 Å². The van der Waals surface area contributed by atoms with Crippen molar-refractivity contribution in [3.63, 3.8) is 0 Å². The second kappa shape index (κ2) is 15.7. The van der Waals surface area contributed by atoms with Gasteiger partial charge in [-0.3, -0.25) is 4.79 Å². The first-order valence-electron chi connectivity index (χ1n) is 13.3. The molecule has 1 aromatic heterocycles. The van der Waals surface area contributed by atoms with Crippen LogP contribution in [0.5, 0.6) is 0 Å². The molecule has 0 bridgehead atoms. The number of aryl methyl sites for hydroxylation is 1. The van der Waals surface area contributed by atoms with Crippen molar-refractivity contribution in [1.82, 2.24) is 4.98 Å². The second-order valence-electron chi connectivity index (χ2n) is 9.68. The van der Waals surface area contributed by atoms with Crippen LogP contribution in [0.1, 0.15) is 88.8 Å². The van der Waals surface area contributed by atoms with Gasteiger partial charge in [-0.25, -0.2) is 0 Å². The molecule has 195 valence electrons. The van der Waals surface area contributed by atoms with Gasteiger partial charge in [-0.2, -0.15) is 0 Å². The van der Waals surface area contributed by atoms with E-state index in [0.29, 0.717) is 0 Å². The van der Waals surface area contributed by atoms with E-state index in [9.17, 15) is 4.79 Å². The van der Waals surface area contributed by atoms with Crippen molar-refractivity contribution in [2.24, 2.45) is 0 Å². The molecule has 1 N–H and O–H groups in total. The number of rotatable bonds is 9. The summed E-state index contributed by atoms with van der Waals surface area (Å²) in [4.78, 5) is 14.8. The van der Waals surface area contributed by atoms with E-state index in [1.54, 1.807) is 11.1 Å². The normalized spacial score (nSPS) is 12.8. The second-order valence-corrected chi connectivity index (χ2v) is 9.68. The van der Waals surface area contributed by atoms with Gasteiger partial charge in [-0.15, -0.1) is 34.4 Å². The molecule has 0 unspecified atom stereocenters. The number of aromatic nitrogens is 1. The van der Waals surface area contributed by atoms with Crippen LogP contribution in [0.15, 0.2) is 54.4 Å². The molecule has 1 heterocycles. The third-order valence-corrected chi connectivity index (χ3v) is 6.65. The molecular formula is C32H40IrNO2-. The Morgan fingerprint density at radius 3 is 2.33 bits per heavy atom. The van der Waals surface area contributed by atoms with E-state index in [4.69, 9.17) is 10.1 Å². The van der Waals surface area contributed by atoms with Crippen molar-refractivity contribution in [1.29, 1.82) is 0 Å². The molecule has 36 heavy (non-hydrogen) atoms. The summed E-state index contributed by atoms with van der Waals surface area (Å²) in [7, 11) is 0. The summed E-state index contributed by atoms with van der Waals surface area (Å²) < 4.78 is 0. The third-order valence-electron chi connectivity index (χ3n) is 6.65. The zero-order valence-corrected chi connectivity index (χ0v) is 24.4. The Bertz CT molecular complexity index is 1150. The van der Waals surface area contributed by atoms with Gasteiger partial charge in [0.15, 0.2) is 5.78 Å². The number of hydrogen-bond acceptors (Lipinski definition) is 3. The van der Waals surface area contributed by atoms with Gasteiger partial charge < -0.3 is 10.1 Å². The maximum Gasteiger partial charge on any atom is 0.155 e. The van der Waals surface area contributed by atoms with Crippen molar-refractivity contribution in [2.45, 2.75) is 91.4 Å². The van der Waals surface area contributed by atoms with Gasteiger partial charge in [0.1, 0.15) is 0 Å². The fourth-order valence-electron chi connectivity index (χ4n) is 4.93. The number of hydrogen-bond donors (Lipinski definition) is 1. The predicted octanol–water partition coefficient (Wildman–Crippen LogP) is 8.52. The van der Waals surface area contributed by atoms with E-state index in [-0.39, 0.29) is 31.6 Å². The largest absolute Gasteiger partial charge is 0.512 e. The summed E-state index contributed by atoms with van der Waals surface area (Å²) in [5.41, 5.74) is 7.02. The minimum absolute atomic E-state index is 0. The van der Waals surface area contributed by atoms with Gasteiger partial charge >= 0.3 is 0 Å². The Hall–Kier alpha value is -2.29. The van der Waals surface area contributed by atoms with Gasteiger partial charge in [0.25, 0.3) is 0 Å². The van der Waals surface area contributed by atoms with Gasteiger partial charge in [-0.1, -0.05) is 101 Å². The number of benzene rings is 2. The number of pyridine rings is 1. The summed E-state index contributed by atoms with van der Waals surface area (Å²) in [5.74, 6) is -0.0625. The first-order chi connectivity index (χ1) is 17.0. The molecule has 4 rings (SSSR count). The molecule has 4 heteroatoms. The van der Waals surface area contributed by atoms with Crippen molar-refractivity contribution >= 4 is 16.6 Å². The van der Waals surface area contributed by atoms with Crippen molar-refractivity contribution in [2.75, 3.05) is 0 Å². The van der Waals surface area contributed by atoms with Gasteiger partial charge in [0.05, 0.1) is 5.76 Å². The number of aliphatic hydroxyl groups is 1. The van der Waals surface area contributed by atoms with Crippen molar-refractivity contribution in [3.05, 3.63) is 77.2 Å². The van der Waals surface area contributed by atoms with Crippen LogP contribution in [0.25, 0.3) is 22.0 Å². The molecule has 1 radical (unpaired) electrons. The Labute approximate surface area is 230 Å². The van der Waals surface area contributed by atoms with E-state index >= 15 is 0 Å². The van der Waals surface area contributed by atoms with Crippen LogP contribution in [0.2, 0.25) is 0 Å². The molecule has 0 fully saturated rings. The monoisotopic (exact) mass is 663 g/mol. The predicted molar refractivity (Wildman–Crippen MR) is 147 cm³/mol. The van der Waals surface area contributed by atoms with E-state index in [1.165, 1.54) is 112 Å². The SMILES string of the molecule is CC(=O)/C=C(/C)O.CCCCCCCCc1c[c-]c(-c2cc3ccccc3cn2)c2c1CCCC2.[Ir].